The molecule has 0 unspecified atom stereocenters. The number of benzene rings is 2. The third-order valence-corrected chi connectivity index (χ3v) is 22.1. The Kier molecular flexibility index (Phi) is 53.1. The van der Waals surface area contributed by atoms with Gasteiger partial charge in [0.1, 0.15) is 34.3 Å². The monoisotopic (exact) mass is 1980 g/mol. The van der Waals surface area contributed by atoms with E-state index in [1.807, 2.05) is 0 Å². The summed E-state index contributed by atoms with van der Waals surface area (Å²) >= 11 is 0. The second-order valence-electron chi connectivity index (χ2n) is 35.0. The number of rotatable bonds is 54. The number of imide groups is 3. The fourth-order valence-electron chi connectivity index (χ4n) is 14.4. The minimum absolute atomic E-state index is 0.0864. The molecule has 44 heteroatoms. The van der Waals surface area contributed by atoms with E-state index in [0.717, 1.165) is 31.4 Å². The van der Waals surface area contributed by atoms with Crippen molar-refractivity contribution in [3.63, 3.8) is 0 Å². The zero-order valence-corrected chi connectivity index (χ0v) is 80.7. The van der Waals surface area contributed by atoms with E-state index in [1.54, 1.807) is 79.6 Å². The van der Waals surface area contributed by atoms with Crippen molar-refractivity contribution in [1.82, 2.24) is 36.0 Å². The lowest BCUT2D eigenvalue weighted by molar-refractivity contribution is -0.192. The summed E-state index contributed by atoms with van der Waals surface area (Å²) in [6.45, 7) is 15.7. The Labute approximate surface area is 811 Å². The molecule has 2 fully saturated rings. The number of nitrogens with one attached hydrogen (secondary N) is 6. The molecule has 1 radical (unpaired) electrons. The van der Waals surface area contributed by atoms with Crippen molar-refractivity contribution in [3.05, 3.63) is 119 Å². The lowest BCUT2D eigenvalue weighted by Gasteiger charge is -2.39. The van der Waals surface area contributed by atoms with E-state index in [4.69, 9.17) is 46.8 Å². The van der Waals surface area contributed by atoms with Crippen LogP contribution in [0.5, 0.6) is 0 Å². The molecule has 3 heterocycles. The molecule has 14 amide bonds. The van der Waals surface area contributed by atoms with E-state index in [1.165, 1.54) is 99.7 Å². The Hall–Kier alpha value is -13.6. The van der Waals surface area contributed by atoms with Gasteiger partial charge in [-0.25, -0.2) is 33.6 Å². The topological polar surface area (TPSA) is 615 Å². The van der Waals surface area contributed by atoms with Gasteiger partial charge in [0.2, 0.25) is 30.6 Å². The zero-order chi connectivity index (χ0) is 105. The van der Waals surface area contributed by atoms with Gasteiger partial charge in [0, 0.05) is 168 Å². The van der Waals surface area contributed by atoms with Gasteiger partial charge in [0.05, 0.1) is 19.2 Å². The van der Waals surface area contributed by atoms with E-state index in [-0.39, 0.29) is 150 Å². The van der Waals surface area contributed by atoms with Crippen molar-refractivity contribution < 1.29 is 143 Å². The highest BCUT2D eigenvalue weighted by Gasteiger charge is 2.51. The number of carboxylic acid groups (broad SMARTS) is 3. The molecule has 7 rings (SSSR count). The van der Waals surface area contributed by atoms with Crippen LogP contribution < -0.4 is 49.1 Å². The van der Waals surface area contributed by atoms with Crippen molar-refractivity contribution in [2.24, 2.45) is 39.9 Å². The van der Waals surface area contributed by atoms with Gasteiger partial charge in [-0.1, -0.05) is 76.0 Å². The van der Waals surface area contributed by atoms with E-state index < -0.39 is 106 Å². The number of primary amides is 2. The minimum Gasteiger partial charge on any atom is -0.478 e. The van der Waals surface area contributed by atoms with Gasteiger partial charge >= 0.3 is 48.1 Å². The number of amides is 14. The van der Waals surface area contributed by atoms with E-state index >= 15 is 0 Å². The van der Waals surface area contributed by atoms with Gasteiger partial charge in [-0.05, 0) is 197 Å². The number of urea groups is 2. The number of nitrogens with two attached hydrogens (primary N) is 3. The first kappa shape index (κ1) is 121. The zero-order valence-electron chi connectivity index (χ0n) is 79.8. The molecule has 2 aromatic rings. The van der Waals surface area contributed by atoms with Crippen LogP contribution in [0, 0.1) is 22.7 Å². The molecule has 2 saturated carbocycles. The quantitative estimate of drug-likeness (QED) is 0.00557. The average molecular weight is 1980 g/mol. The average Bonchev–Trinajstić information content (AvgIpc) is 1.08. The summed E-state index contributed by atoms with van der Waals surface area (Å²) in [7, 11) is 0.123. The summed E-state index contributed by atoms with van der Waals surface area (Å²) in [4.78, 5) is 258. The van der Waals surface area contributed by atoms with Crippen LogP contribution in [0.1, 0.15) is 237 Å². The lowest BCUT2D eigenvalue weighted by atomic mass is 9.61. The summed E-state index contributed by atoms with van der Waals surface area (Å²) in [5, 5.41) is 40.9. The number of ether oxygens (including phenoxy) is 2. The maximum Gasteiger partial charge on any atom is 0.490 e. The third kappa shape index (κ3) is 46.2. The standard InChI is InChI=1S/C46H63N5O11.C38H47N5O11.C9H14N2O2.C2HF3O2.CH3BOP/c1-44(2,3)61-40(57)21-16-31-15-17-32(18-22-41(58)62-45(4,5)6)34(29-31)50-37(54)23-27-48-42(59)33(13-11-26-49-43(47)60)30-36(53)46(24-12-25-46)35(52)14-9-7-8-10-28-51-38(55)19-20-39(51)56;39-37(54)41-20-5-7-27(24-30(45)38(18-6-19-38)29(44)8-3-1-2-4-22-43-32(47)13-14-33(43)48)36(53)40-21-17-31(46)42-28-23-25(10-15-34(49)50)9-11-26(28)12-16-35(51)52;10-6-2-1-3-7-11-8(12)4-5-9(11)13;3-2(4,5)1(6)7;1-2-4-3/h15-22,29,33H,7-14,23-28,30H2,1-6H3,(H,48,59)(H,50,54)(H3,47,49,60);9-16,23,27H,1-8,17-22,24H2,(H,40,53)(H,42,46)(H,49,50)(H,51,52)(H3,39,41,54);4-5H,1-3,6-7,10H2;(H,6,7);1H3/b21-16+,22-18+;15-10+,16-12+;;;/t33-;27-;;;/m11.../s1. The lowest BCUT2D eigenvalue weighted by Crippen LogP contribution is -2.47. The maximum atomic E-state index is 13.8. The molecule has 0 saturated heterocycles. The summed E-state index contributed by atoms with van der Waals surface area (Å²) < 4.78 is 51.6. The fourth-order valence-corrected chi connectivity index (χ4v) is 14.4. The first-order valence-electron chi connectivity index (χ1n) is 45.9. The Morgan fingerprint density at radius 2 is 0.764 bits per heavy atom. The first-order chi connectivity index (χ1) is 65.9. The molecule has 39 nitrogen and oxygen atoms in total. The first-order valence-corrected chi connectivity index (χ1v) is 46.8. The highest BCUT2D eigenvalue weighted by molar-refractivity contribution is 7.60. The van der Waals surface area contributed by atoms with Gasteiger partial charge in [-0.3, -0.25) is 86.4 Å². The Morgan fingerprint density at radius 1 is 0.450 bits per heavy atom. The molecule has 0 aromatic heterocycles. The second kappa shape index (κ2) is 61.7. The number of carbonyl (C=O) groups excluding carboxylic acids is 18. The molecular weight excluding hydrogens is 1850 g/mol. The van der Waals surface area contributed by atoms with Crippen LogP contribution in [-0.4, -0.2) is 231 Å². The summed E-state index contributed by atoms with van der Waals surface area (Å²) in [5.74, 6) is -12.7. The van der Waals surface area contributed by atoms with Crippen LogP contribution >= 0.6 is 8.34 Å². The summed E-state index contributed by atoms with van der Waals surface area (Å²) in [5.41, 5.74) is 14.3. The number of anilines is 2. The number of hydrogen-bond acceptors (Lipinski definition) is 25. The van der Waals surface area contributed by atoms with Crippen LogP contribution in [0.4, 0.5) is 34.1 Å². The van der Waals surface area contributed by atoms with Gasteiger partial charge in [-0.15, -0.1) is 0 Å². The van der Waals surface area contributed by atoms with Crippen molar-refractivity contribution in [2.75, 3.05) is 63.0 Å². The molecule has 0 spiro atoms. The number of unbranched alkanes of at least 4 members (excludes halogenated alkanes) is 8. The smallest absolute Gasteiger partial charge is 0.478 e. The number of aliphatic carboxylic acids is 3. The maximum absolute atomic E-state index is 13.8. The number of carboxylic acids is 3. The molecule has 2 aromatic carbocycles. The van der Waals surface area contributed by atoms with E-state index in [9.17, 15) is 114 Å². The molecule has 2 aliphatic carbocycles. The number of ketones is 4. The largest absolute Gasteiger partial charge is 0.490 e. The number of hydrogen-bond donors (Lipinski definition) is 12. The number of halogens is 3. The molecular formula is C96H128BF3N12O27P. The van der Waals surface area contributed by atoms with Crippen LogP contribution in [-0.2, 0) is 105 Å². The van der Waals surface area contributed by atoms with Crippen LogP contribution in [0.25, 0.3) is 24.3 Å². The normalized spacial score (nSPS) is 14.9. The van der Waals surface area contributed by atoms with Crippen molar-refractivity contribution in [2.45, 2.75) is 239 Å². The SMILES string of the molecule is CC(C)(C)OC(=O)/C=C/c1ccc(/C=C/C(=O)OC(C)(C)C)c(NC(=O)CCNC(=O)[C@H](CCCNC(N)=O)CC(=O)C2(C(=O)CCCCCCN3C(=O)C=CC3=O)CCC2)c1.C[B]P=O.NC(=O)NCCC[C@H](CC(=O)C1(C(=O)CCCCCCN2C(=O)C=CC2=O)CCC1)C(=O)NCCC(=O)Nc1cc(/C=C/C(=O)O)ccc1/C=C/C(=O)O.NCCCCCN1C(=O)C=CC1=O.O=C(O)C(F)(F)F. The summed E-state index contributed by atoms with van der Waals surface area (Å²) in [6, 6.07) is 8.02. The molecule has 15 N–H and O–H groups in total. The van der Waals surface area contributed by atoms with E-state index in [0.29, 0.717) is 157 Å². The highest BCUT2D eigenvalue weighted by Crippen LogP contribution is 2.47. The Bertz CT molecular complexity index is 4930. The minimum atomic E-state index is -5.08. The van der Waals surface area contributed by atoms with Crippen LogP contribution in [0.15, 0.2) is 97.2 Å². The van der Waals surface area contributed by atoms with Gasteiger partial charge in [-0.2, -0.15) is 13.2 Å². The summed E-state index contributed by atoms with van der Waals surface area (Å²) in [6.07, 6.45) is 23.9. The van der Waals surface area contributed by atoms with Gasteiger partial charge in [0.15, 0.2) is 0 Å². The fraction of sp³-hybridized carbons (Fsp3) is 0.510. The number of nitrogens with zero attached hydrogens (tertiary/aromatic N) is 3. The molecule has 0 bridgehead atoms. The predicted molar refractivity (Wildman–Crippen MR) is 511 cm³/mol. The second-order valence-corrected chi connectivity index (χ2v) is 35.7. The third-order valence-electron chi connectivity index (χ3n) is 21.9. The van der Waals surface area contributed by atoms with Crippen LogP contribution in [0.3, 0.4) is 0 Å². The number of alkyl halides is 3. The Morgan fingerprint density at radius 3 is 1.06 bits per heavy atom. The number of Topliss-reactive ketones (excluding diaryl/α,β-unsaturated/α-hetero) is 4. The molecule has 140 heavy (non-hydrogen) atoms. The van der Waals surface area contributed by atoms with Crippen LogP contribution in [0.2, 0.25) is 6.82 Å². The molecule has 3 aliphatic heterocycles. The molecule has 2 atom stereocenters. The van der Waals surface area contributed by atoms with E-state index in [2.05, 4.69) is 31.9 Å². The van der Waals surface area contributed by atoms with Crippen molar-refractivity contribution >= 4 is 175 Å². The van der Waals surface area contributed by atoms with Crippen molar-refractivity contribution in [3.8, 4) is 0 Å². The number of carbonyl (C=O) groups is 21. The molecule has 763 valence electrons. The van der Waals surface area contributed by atoms with Crippen molar-refractivity contribution in [1.29, 1.82) is 0 Å². The number of esters is 2. The molecule has 5 aliphatic rings. The van der Waals surface area contributed by atoms with Gasteiger partial charge in [0.25, 0.3) is 35.4 Å². The Balaban J connectivity index is 0.000000583. The predicted octanol–water partition coefficient (Wildman–Crippen LogP) is 10.1. The van der Waals surface area contributed by atoms with Gasteiger partial charge < -0.3 is 73.9 Å². The highest BCUT2D eigenvalue weighted by atomic mass is 31.1.